The van der Waals surface area contributed by atoms with E-state index in [0.29, 0.717) is 25.5 Å². The lowest BCUT2D eigenvalue weighted by atomic mass is 9.75. The van der Waals surface area contributed by atoms with Gasteiger partial charge in [0.05, 0.1) is 16.8 Å². The molecule has 1 aliphatic carbocycles. The zero-order valence-corrected chi connectivity index (χ0v) is 18.8. The van der Waals surface area contributed by atoms with E-state index < -0.39 is 40.6 Å². The Morgan fingerprint density at radius 3 is 2.24 bits per heavy atom. The van der Waals surface area contributed by atoms with Gasteiger partial charge in [0.15, 0.2) is 0 Å². The first-order chi connectivity index (χ1) is 16.0. The fourth-order valence-corrected chi connectivity index (χ4v) is 5.79. The minimum atomic E-state index is -4.66. The Hall–Kier alpha value is -2.46. The van der Waals surface area contributed by atoms with Crippen LogP contribution in [0.1, 0.15) is 60.8 Å². The molecule has 1 saturated heterocycles. The molecule has 1 aromatic heterocycles. The molecular formula is C24H28F5N3O2. The number of carbonyl (C=O) groups is 1. The monoisotopic (exact) mass is 485 g/mol. The maximum atomic E-state index is 14.9. The van der Waals surface area contributed by atoms with Crippen LogP contribution in [0.5, 0.6) is 0 Å². The second-order valence-corrected chi connectivity index (χ2v) is 9.70. The van der Waals surface area contributed by atoms with E-state index in [0.717, 1.165) is 17.1 Å². The van der Waals surface area contributed by atoms with Gasteiger partial charge in [0, 0.05) is 44.8 Å². The van der Waals surface area contributed by atoms with Gasteiger partial charge in [-0.1, -0.05) is 6.07 Å². The fourth-order valence-electron chi connectivity index (χ4n) is 5.79. The lowest BCUT2D eigenvalue weighted by Gasteiger charge is -2.50. The van der Waals surface area contributed by atoms with Crippen LogP contribution in [0.2, 0.25) is 0 Å². The first-order valence-electron chi connectivity index (χ1n) is 11.5. The molecule has 5 rings (SSSR count). The summed E-state index contributed by atoms with van der Waals surface area (Å²) in [4.78, 5) is 16.5. The number of hydrogen-bond donors (Lipinski definition) is 1. The highest BCUT2D eigenvalue weighted by molar-refractivity contribution is 5.94. The third kappa shape index (κ3) is 3.45. The van der Waals surface area contributed by atoms with E-state index in [2.05, 4.69) is 0 Å². The second kappa shape index (κ2) is 7.78. The minimum absolute atomic E-state index is 0. The van der Waals surface area contributed by atoms with Crippen LogP contribution in [0.15, 0.2) is 24.3 Å². The van der Waals surface area contributed by atoms with Crippen molar-refractivity contribution in [1.82, 2.24) is 14.4 Å². The van der Waals surface area contributed by atoms with Crippen molar-refractivity contribution in [2.45, 2.75) is 56.0 Å². The molecule has 0 radical (unpaired) electrons. The molecule has 5 nitrogen and oxygen atoms in total. The Morgan fingerprint density at radius 1 is 1.00 bits per heavy atom. The quantitative estimate of drug-likeness (QED) is 0.639. The van der Waals surface area contributed by atoms with Crippen molar-refractivity contribution >= 4 is 5.91 Å². The lowest BCUT2D eigenvalue weighted by molar-refractivity contribution is -0.144. The van der Waals surface area contributed by atoms with Gasteiger partial charge in [-0.05, 0) is 51.3 Å². The van der Waals surface area contributed by atoms with Gasteiger partial charge in [0.2, 0.25) is 0 Å². The van der Waals surface area contributed by atoms with Crippen LogP contribution in [0.3, 0.4) is 0 Å². The molecule has 1 aromatic carbocycles. The number of hydrogen-bond acceptors (Lipinski definition) is 3. The molecule has 2 aliphatic heterocycles. The molecule has 1 saturated carbocycles. The summed E-state index contributed by atoms with van der Waals surface area (Å²) in [5, 5.41) is 10.4. The molecule has 186 valence electrons. The number of benzene rings is 1. The number of amides is 1. The molecule has 1 spiro atoms. The molecule has 0 unspecified atom stereocenters. The fraction of sp³-hybridized carbons (Fsp3) is 0.542. The number of piperidine rings is 1. The van der Waals surface area contributed by atoms with E-state index in [9.17, 15) is 31.9 Å². The van der Waals surface area contributed by atoms with E-state index in [1.165, 1.54) is 17.0 Å². The summed E-state index contributed by atoms with van der Waals surface area (Å²) in [5.74, 6) is -1.91. The zero-order valence-electron chi connectivity index (χ0n) is 18.8. The van der Waals surface area contributed by atoms with Crippen molar-refractivity contribution in [2.24, 2.45) is 0 Å². The van der Waals surface area contributed by atoms with E-state index >= 15 is 0 Å². The van der Waals surface area contributed by atoms with Gasteiger partial charge >= 0.3 is 6.18 Å². The number of fused-ring (bicyclic) bond motifs is 2. The molecule has 1 amide bonds. The van der Waals surface area contributed by atoms with E-state index in [4.69, 9.17) is 0 Å². The Bertz CT molecular complexity index is 1140. The van der Waals surface area contributed by atoms with Crippen molar-refractivity contribution in [1.29, 1.82) is 0 Å². The van der Waals surface area contributed by atoms with Crippen molar-refractivity contribution < 1.29 is 33.3 Å². The van der Waals surface area contributed by atoms with E-state index in [-0.39, 0.29) is 50.7 Å². The smallest absolute Gasteiger partial charge is 0.385 e. The second-order valence-electron chi connectivity index (χ2n) is 9.70. The SMILES string of the molecule is CN1CCn2c(C(F)(F)F)cc(F)c2C12CCN(C(=O)c1ccc(C3(O)CCC3)c(F)c1)CC2.[HH]. The highest BCUT2D eigenvalue weighted by Crippen LogP contribution is 2.46. The highest BCUT2D eigenvalue weighted by atomic mass is 19.4. The number of alkyl halides is 3. The van der Waals surface area contributed by atoms with Crippen LogP contribution in [0.25, 0.3) is 0 Å². The average molecular weight is 485 g/mol. The van der Waals surface area contributed by atoms with Crippen molar-refractivity contribution in [3.8, 4) is 0 Å². The molecule has 3 aliphatic rings. The van der Waals surface area contributed by atoms with E-state index in [1.807, 2.05) is 4.90 Å². The molecule has 0 bridgehead atoms. The van der Waals surface area contributed by atoms with Crippen LogP contribution in [0.4, 0.5) is 22.0 Å². The molecular weight excluding hydrogens is 457 g/mol. The summed E-state index contributed by atoms with van der Waals surface area (Å²) < 4.78 is 70.9. The Kier molecular flexibility index (Phi) is 5.33. The normalized spacial score (nSPS) is 21.9. The largest absolute Gasteiger partial charge is 0.431 e. The van der Waals surface area contributed by atoms with Crippen molar-refractivity contribution in [2.75, 3.05) is 26.7 Å². The number of halogens is 5. The third-order valence-corrected chi connectivity index (χ3v) is 7.95. The number of carbonyl (C=O) groups excluding carboxylic acids is 1. The van der Waals surface area contributed by atoms with Crippen LogP contribution in [-0.4, -0.2) is 52.1 Å². The van der Waals surface area contributed by atoms with Gasteiger partial charge in [0.25, 0.3) is 5.91 Å². The molecule has 10 heteroatoms. The van der Waals surface area contributed by atoms with Crippen LogP contribution in [0, 0.1) is 11.6 Å². The summed E-state index contributed by atoms with van der Waals surface area (Å²) >= 11 is 0. The Labute approximate surface area is 195 Å². The topological polar surface area (TPSA) is 48.7 Å². The summed E-state index contributed by atoms with van der Waals surface area (Å²) in [7, 11) is 1.76. The van der Waals surface area contributed by atoms with Crippen molar-refractivity contribution in [3.05, 3.63) is 58.4 Å². The van der Waals surface area contributed by atoms with Gasteiger partial charge in [-0.2, -0.15) is 13.2 Å². The van der Waals surface area contributed by atoms with Crippen LogP contribution in [-0.2, 0) is 23.9 Å². The Morgan fingerprint density at radius 2 is 1.68 bits per heavy atom. The number of rotatable bonds is 2. The number of aliphatic hydroxyl groups is 1. The molecule has 2 aromatic rings. The van der Waals surface area contributed by atoms with Gasteiger partial charge in [-0.15, -0.1) is 0 Å². The van der Waals surface area contributed by atoms with Gasteiger partial charge < -0.3 is 14.6 Å². The van der Waals surface area contributed by atoms with Gasteiger partial charge in [0.1, 0.15) is 17.3 Å². The Balaban J connectivity index is 0.00000289. The zero-order chi connectivity index (χ0) is 24.5. The molecule has 1 N–H and O–H groups in total. The summed E-state index contributed by atoms with van der Waals surface area (Å²) in [5.41, 5.74) is -2.77. The summed E-state index contributed by atoms with van der Waals surface area (Å²) in [6, 6.07) is 4.64. The number of likely N-dealkylation sites (N-methyl/N-ethyl adjacent to an activating group) is 1. The van der Waals surface area contributed by atoms with Gasteiger partial charge in [-0.3, -0.25) is 9.69 Å². The summed E-state index contributed by atoms with van der Waals surface area (Å²) in [6.45, 7) is 0.756. The van der Waals surface area contributed by atoms with Crippen LogP contribution >= 0.6 is 0 Å². The third-order valence-electron chi connectivity index (χ3n) is 7.95. The predicted molar refractivity (Wildman–Crippen MR) is 115 cm³/mol. The first-order valence-corrected chi connectivity index (χ1v) is 11.5. The van der Waals surface area contributed by atoms with E-state index in [1.54, 1.807) is 7.05 Å². The molecule has 0 atom stereocenters. The minimum Gasteiger partial charge on any atom is -0.385 e. The average Bonchev–Trinajstić information content (AvgIpc) is 3.12. The number of aromatic nitrogens is 1. The molecule has 3 heterocycles. The number of likely N-dealkylation sites (tertiary alicyclic amines) is 1. The molecule has 2 fully saturated rings. The maximum Gasteiger partial charge on any atom is 0.431 e. The van der Waals surface area contributed by atoms with Crippen molar-refractivity contribution in [3.63, 3.8) is 0 Å². The molecule has 34 heavy (non-hydrogen) atoms. The summed E-state index contributed by atoms with van der Waals surface area (Å²) in [6.07, 6.45) is -2.37. The van der Waals surface area contributed by atoms with Gasteiger partial charge in [-0.25, -0.2) is 8.78 Å². The number of nitrogens with zero attached hydrogens (tertiary/aromatic N) is 3. The first kappa shape index (κ1) is 23.3. The predicted octanol–water partition coefficient (Wildman–Crippen LogP) is 4.48. The highest BCUT2D eigenvalue weighted by Gasteiger charge is 2.50. The maximum absolute atomic E-state index is 14.9. The van der Waals surface area contributed by atoms with Crippen LogP contribution < -0.4 is 0 Å². The standard InChI is InChI=1S/C24H26F5N3O2.H2/c1-30-11-12-32-19(24(27,28)29)14-18(26)20(32)22(30)7-9-31(10-8-22)21(33)15-3-4-16(17(25)13-15)23(34)5-2-6-23;/h3-4,13-14,34H,2,5-12H2,1H3;1H. The lowest BCUT2D eigenvalue weighted by Crippen LogP contribution is -2.57.